The number of ether oxygens (including phenoxy) is 1. The van der Waals surface area contributed by atoms with Crippen LogP contribution < -0.4 is 0 Å². The molecule has 2 heterocycles. The van der Waals surface area contributed by atoms with Gasteiger partial charge in [0.05, 0.1) is 18.1 Å². The highest BCUT2D eigenvalue weighted by atomic mass is 79.9. The van der Waals surface area contributed by atoms with Gasteiger partial charge in [0.15, 0.2) is 0 Å². The molecule has 5 nitrogen and oxygen atoms in total. The van der Waals surface area contributed by atoms with Crippen molar-refractivity contribution >= 4 is 27.8 Å². The van der Waals surface area contributed by atoms with E-state index in [-0.39, 0.29) is 30.6 Å². The van der Waals surface area contributed by atoms with Gasteiger partial charge in [-0.2, -0.15) is 0 Å². The van der Waals surface area contributed by atoms with Gasteiger partial charge in [-0.15, -0.1) is 0 Å². The number of carbonyl (C=O) groups excluding carboxylic acids is 1. The van der Waals surface area contributed by atoms with Crippen molar-refractivity contribution in [1.82, 2.24) is 4.90 Å². The van der Waals surface area contributed by atoms with Gasteiger partial charge in [0, 0.05) is 11.0 Å². The lowest BCUT2D eigenvalue weighted by Crippen LogP contribution is -2.42. The number of carboxylic acid groups (broad SMARTS) is 1. The predicted octanol–water partition coefficient (Wildman–Crippen LogP) is 2.43. The van der Waals surface area contributed by atoms with Gasteiger partial charge in [0.25, 0.3) is 0 Å². The predicted molar refractivity (Wildman–Crippen MR) is 83.2 cm³/mol. The summed E-state index contributed by atoms with van der Waals surface area (Å²) in [6.07, 6.45) is 2.78. The number of carbonyl (C=O) groups is 2. The Bertz CT molecular complexity index is 591. The summed E-state index contributed by atoms with van der Waals surface area (Å²) in [5.74, 6) is -1.28. The Morgan fingerprint density at radius 1 is 1.36 bits per heavy atom. The fourth-order valence-corrected chi connectivity index (χ4v) is 3.81. The third-order valence-corrected chi connectivity index (χ3v) is 4.82. The Balaban J connectivity index is 1.74. The minimum absolute atomic E-state index is 0.0312. The van der Waals surface area contributed by atoms with Crippen LogP contribution in [-0.2, 0) is 20.9 Å². The highest BCUT2D eigenvalue weighted by Crippen LogP contribution is 2.39. The molecule has 2 aliphatic heterocycles. The van der Waals surface area contributed by atoms with Crippen LogP contribution in [0.15, 0.2) is 28.7 Å². The largest absolute Gasteiger partial charge is 0.480 e. The van der Waals surface area contributed by atoms with E-state index in [2.05, 4.69) is 15.9 Å². The van der Waals surface area contributed by atoms with Crippen molar-refractivity contribution in [1.29, 1.82) is 0 Å². The van der Waals surface area contributed by atoms with E-state index in [0.29, 0.717) is 6.54 Å². The lowest BCUT2D eigenvalue weighted by Gasteiger charge is -2.27. The zero-order chi connectivity index (χ0) is 15.7. The number of benzene rings is 1. The van der Waals surface area contributed by atoms with Crippen LogP contribution in [0.5, 0.6) is 0 Å². The lowest BCUT2D eigenvalue weighted by molar-refractivity contribution is -0.147. The van der Waals surface area contributed by atoms with Crippen LogP contribution in [0.25, 0.3) is 0 Å². The molecule has 2 saturated heterocycles. The first-order valence-electron chi connectivity index (χ1n) is 7.43. The highest BCUT2D eigenvalue weighted by Gasteiger charge is 2.45. The number of amides is 1. The van der Waals surface area contributed by atoms with Crippen molar-refractivity contribution < 1.29 is 19.4 Å². The van der Waals surface area contributed by atoms with Crippen molar-refractivity contribution in [3.63, 3.8) is 0 Å². The maximum absolute atomic E-state index is 12.7. The Morgan fingerprint density at radius 3 is 2.77 bits per heavy atom. The summed E-state index contributed by atoms with van der Waals surface area (Å²) in [5, 5.41) is 9.11. The lowest BCUT2D eigenvalue weighted by atomic mass is 9.88. The minimum Gasteiger partial charge on any atom is -0.480 e. The second kappa shape index (κ2) is 6.38. The van der Waals surface area contributed by atoms with Crippen LogP contribution in [0.4, 0.5) is 0 Å². The smallest absolute Gasteiger partial charge is 0.323 e. The molecule has 0 aromatic heterocycles. The summed E-state index contributed by atoms with van der Waals surface area (Å²) in [6.45, 7) is 0.0255. The number of rotatable bonds is 5. The van der Waals surface area contributed by atoms with Gasteiger partial charge in [0.1, 0.15) is 6.54 Å². The van der Waals surface area contributed by atoms with Gasteiger partial charge >= 0.3 is 5.97 Å². The molecule has 6 heteroatoms. The first-order valence-corrected chi connectivity index (χ1v) is 8.22. The van der Waals surface area contributed by atoms with Crippen molar-refractivity contribution in [2.75, 3.05) is 6.54 Å². The van der Waals surface area contributed by atoms with Gasteiger partial charge in [-0.3, -0.25) is 9.59 Å². The van der Waals surface area contributed by atoms with Gasteiger partial charge in [-0.25, -0.2) is 0 Å². The quantitative estimate of drug-likeness (QED) is 0.867. The highest BCUT2D eigenvalue weighted by molar-refractivity contribution is 9.10. The second-order valence-corrected chi connectivity index (χ2v) is 6.85. The summed E-state index contributed by atoms with van der Waals surface area (Å²) < 4.78 is 6.64. The zero-order valence-corrected chi connectivity index (χ0v) is 13.7. The topological polar surface area (TPSA) is 66.8 Å². The van der Waals surface area contributed by atoms with Crippen molar-refractivity contribution in [2.24, 2.45) is 5.92 Å². The fourth-order valence-electron chi connectivity index (χ4n) is 3.36. The average Bonchev–Trinajstić information content (AvgIpc) is 3.08. The molecular formula is C16H18BrNO4. The third kappa shape index (κ3) is 3.33. The molecule has 0 spiro atoms. The zero-order valence-electron chi connectivity index (χ0n) is 12.1. The number of hydrogen-bond acceptors (Lipinski definition) is 3. The molecule has 2 aliphatic rings. The van der Waals surface area contributed by atoms with E-state index >= 15 is 0 Å². The van der Waals surface area contributed by atoms with Gasteiger partial charge < -0.3 is 14.7 Å². The summed E-state index contributed by atoms with van der Waals surface area (Å²) in [5.41, 5.74) is 0.910. The Labute approximate surface area is 137 Å². The van der Waals surface area contributed by atoms with Crippen LogP contribution in [0.2, 0.25) is 0 Å². The van der Waals surface area contributed by atoms with E-state index in [0.717, 1.165) is 29.3 Å². The van der Waals surface area contributed by atoms with Crippen molar-refractivity contribution in [3.05, 3.63) is 34.3 Å². The van der Waals surface area contributed by atoms with Crippen molar-refractivity contribution in [2.45, 2.75) is 38.0 Å². The number of fused-ring (bicyclic) bond motifs is 2. The van der Waals surface area contributed by atoms with Crippen molar-refractivity contribution in [3.8, 4) is 0 Å². The Morgan fingerprint density at radius 2 is 2.18 bits per heavy atom. The maximum atomic E-state index is 12.7. The number of halogens is 1. The molecule has 1 aromatic carbocycles. The maximum Gasteiger partial charge on any atom is 0.323 e. The van der Waals surface area contributed by atoms with Gasteiger partial charge in [-0.1, -0.05) is 28.1 Å². The van der Waals surface area contributed by atoms with Gasteiger partial charge in [0.2, 0.25) is 5.91 Å². The normalized spacial score (nSPS) is 26.1. The Hall–Kier alpha value is -1.40. The van der Waals surface area contributed by atoms with E-state index in [1.165, 1.54) is 4.90 Å². The van der Waals surface area contributed by atoms with Gasteiger partial charge in [-0.05, 0) is 37.0 Å². The first kappa shape index (κ1) is 15.5. The monoisotopic (exact) mass is 367 g/mol. The Kier molecular flexibility index (Phi) is 4.49. The molecule has 3 rings (SSSR count). The minimum atomic E-state index is -0.993. The molecular weight excluding hydrogens is 350 g/mol. The molecule has 2 bridgehead atoms. The number of carboxylic acids is 1. The number of hydrogen-bond donors (Lipinski definition) is 1. The van der Waals surface area contributed by atoms with E-state index in [9.17, 15) is 9.59 Å². The van der Waals surface area contributed by atoms with Crippen LogP contribution in [0.1, 0.15) is 24.8 Å². The molecule has 1 amide bonds. The van der Waals surface area contributed by atoms with E-state index in [1.807, 2.05) is 24.3 Å². The summed E-state index contributed by atoms with van der Waals surface area (Å²) in [7, 11) is 0. The molecule has 118 valence electrons. The molecule has 2 fully saturated rings. The molecule has 0 radical (unpaired) electrons. The second-order valence-electron chi connectivity index (χ2n) is 5.93. The molecule has 22 heavy (non-hydrogen) atoms. The number of nitrogens with zero attached hydrogens (tertiary/aromatic N) is 1. The molecule has 1 N–H and O–H groups in total. The standard InChI is InChI=1S/C16H18BrNO4/c17-11-3-1-2-10(6-11)8-18(9-15(19)20)16(21)13-7-12-4-5-14(13)22-12/h1-3,6,12-14H,4-5,7-9H2,(H,19,20). The van der Waals surface area contributed by atoms with Crippen LogP contribution in [-0.4, -0.2) is 40.6 Å². The SMILES string of the molecule is O=C(O)CN(Cc1cccc(Br)c1)C(=O)C1CC2CCC1O2. The van der Waals surface area contributed by atoms with Crippen LogP contribution in [0.3, 0.4) is 0 Å². The summed E-state index contributed by atoms with van der Waals surface area (Å²) in [6, 6.07) is 7.57. The molecule has 1 aromatic rings. The summed E-state index contributed by atoms with van der Waals surface area (Å²) >= 11 is 3.39. The van der Waals surface area contributed by atoms with Crippen LogP contribution >= 0.6 is 15.9 Å². The first-order chi connectivity index (χ1) is 10.5. The van der Waals surface area contributed by atoms with E-state index in [1.54, 1.807) is 0 Å². The average molecular weight is 368 g/mol. The van der Waals surface area contributed by atoms with E-state index in [4.69, 9.17) is 9.84 Å². The molecule has 3 unspecified atom stereocenters. The number of aliphatic carboxylic acids is 1. The van der Waals surface area contributed by atoms with Crippen LogP contribution in [0, 0.1) is 5.92 Å². The fraction of sp³-hybridized carbons (Fsp3) is 0.500. The third-order valence-electron chi connectivity index (χ3n) is 4.32. The summed E-state index contributed by atoms with van der Waals surface area (Å²) in [4.78, 5) is 25.3. The molecule has 0 saturated carbocycles. The van der Waals surface area contributed by atoms with E-state index < -0.39 is 5.97 Å². The molecule has 0 aliphatic carbocycles. The molecule has 3 atom stereocenters.